The highest BCUT2D eigenvalue weighted by Crippen LogP contribution is 2.30. The summed E-state index contributed by atoms with van der Waals surface area (Å²) in [6.07, 6.45) is -3.61. The van der Waals surface area contributed by atoms with Crippen LogP contribution in [0.4, 0.5) is 0 Å². The Kier molecular flexibility index (Phi) is 5.19. The number of ether oxygens (including phenoxy) is 1. The minimum Gasteiger partial charge on any atom is -0.394 e. The van der Waals surface area contributed by atoms with Crippen molar-refractivity contribution in [1.82, 2.24) is 0 Å². The van der Waals surface area contributed by atoms with Gasteiger partial charge in [0.15, 0.2) is 5.12 Å². The Morgan fingerprint density at radius 3 is 2.65 bits per heavy atom. The van der Waals surface area contributed by atoms with E-state index in [4.69, 9.17) is 15.4 Å². The van der Waals surface area contributed by atoms with Gasteiger partial charge in [0.25, 0.3) is 0 Å². The van der Waals surface area contributed by atoms with Gasteiger partial charge in [0.05, 0.1) is 18.8 Å². The van der Waals surface area contributed by atoms with Gasteiger partial charge in [-0.05, 0) is 5.53 Å². The average molecular weight is 263 g/mol. The molecule has 1 heterocycles. The molecule has 0 aliphatic carbocycles. The van der Waals surface area contributed by atoms with Crippen molar-refractivity contribution in [3.63, 3.8) is 0 Å². The molecule has 8 nitrogen and oxygen atoms in total. The smallest absolute Gasteiger partial charge is 0.188 e. The van der Waals surface area contributed by atoms with Gasteiger partial charge in [0.2, 0.25) is 0 Å². The van der Waals surface area contributed by atoms with Gasteiger partial charge < -0.3 is 20.1 Å². The summed E-state index contributed by atoms with van der Waals surface area (Å²) in [6.45, 7) is 0.794. The lowest BCUT2D eigenvalue weighted by Gasteiger charge is -2.39. The third-order valence-corrected chi connectivity index (χ3v) is 3.27. The molecule has 0 bridgehead atoms. The van der Waals surface area contributed by atoms with Crippen LogP contribution in [0, 0.1) is 0 Å². The summed E-state index contributed by atoms with van der Waals surface area (Å²) >= 11 is 0.718. The average Bonchev–Trinajstić information content (AvgIpc) is 2.27. The van der Waals surface area contributed by atoms with Crippen LogP contribution in [0.15, 0.2) is 5.11 Å². The van der Waals surface area contributed by atoms with E-state index < -0.39 is 36.4 Å². The second-order valence-corrected chi connectivity index (χ2v) is 4.79. The monoisotopic (exact) mass is 263 g/mol. The van der Waals surface area contributed by atoms with Crippen molar-refractivity contribution in [3.05, 3.63) is 10.4 Å². The Morgan fingerprint density at radius 2 is 2.18 bits per heavy atom. The molecule has 0 amide bonds. The van der Waals surface area contributed by atoms with E-state index in [-0.39, 0.29) is 5.12 Å². The highest BCUT2D eigenvalue weighted by molar-refractivity contribution is 8.14. The molecule has 1 saturated heterocycles. The molecule has 0 saturated carbocycles. The lowest BCUT2D eigenvalue weighted by Crippen LogP contribution is -2.56. The van der Waals surface area contributed by atoms with Gasteiger partial charge in [0, 0.05) is 11.8 Å². The fourth-order valence-corrected chi connectivity index (χ4v) is 2.35. The highest BCUT2D eigenvalue weighted by atomic mass is 32.2. The molecule has 0 aromatic carbocycles. The first kappa shape index (κ1) is 14.2. The summed E-state index contributed by atoms with van der Waals surface area (Å²) in [5.41, 5.74) is 7.37. The largest absolute Gasteiger partial charge is 0.394 e. The topological polar surface area (TPSA) is 136 Å². The third-order valence-electron chi connectivity index (χ3n) is 2.32. The van der Waals surface area contributed by atoms with Gasteiger partial charge >= 0.3 is 0 Å². The summed E-state index contributed by atoms with van der Waals surface area (Å²) in [4.78, 5) is 13.5. The van der Waals surface area contributed by atoms with Crippen molar-refractivity contribution in [3.8, 4) is 0 Å². The molecule has 0 aromatic rings. The first-order valence-electron chi connectivity index (χ1n) is 4.85. The van der Waals surface area contributed by atoms with Gasteiger partial charge in [-0.2, -0.15) is 0 Å². The minimum atomic E-state index is -1.31. The van der Waals surface area contributed by atoms with Gasteiger partial charge in [-0.25, -0.2) is 0 Å². The van der Waals surface area contributed by atoms with Crippen molar-refractivity contribution < 1.29 is 24.9 Å². The molecule has 96 valence electrons. The van der Waals surface area contributed by atoms with Crippen molar-refractivity contribution in [2.75, 3.05) is 6.61 Å². The molecule has 5 atom stereocenters. The zero-order chi connectivity index (χ0) is 13.0. The molecule has 0 radical (unpaired) electrons. The van der Waals surface area contributed by atoms with Gasteiger partial charge in [-0.3, -0.25) is 4.79 Å². The molecular weight excluding hydrogens is 250 g/mol. The van der Waals surface area contributed by atoms with E-state index in [1.807, 2.05) is 0 Å². The first-order chi connectivity index (χ1) is 8.01. The van der Waals surface area contributed by atoms with Crippen LogP contribution in [0.1, 0.15) is 6.92 Å². The second-order valence-electron chi connectivity index (χ2n) is 3.51. The Balaban J connectivity index is 2.88. The van der Waals surface area contributed by atoms with Crippen LogP contribution in [0.2, 0.25) is 0 Å². The number of aliphatic hydroxyl groups excluding tert-OH is 3. The lowest BCUT2D eigenvalue weighted by atomic mass is 9.98. The fraction of sp³-hybridized carbons (Fsp3) is 0.875. The van der Waals surface area contributed by atoms with Crippen LogP contribution in [0.5, 0.6) is 0 Å². The number of rotatable bonds is 3. The number of hydrogen-bond acceptors (Lipinski definition) is 7. The second kappa shape index (κ2) is 6.20. The summed E-state index contributed by atoms with van der Waals surface area (Å²) < 4.78 is 5.16. The first-order valence-corrected chi connectivity index (χ1v) is 5.73. The van der Waals surface area contributed by atoms with E-state index in [9.17, 15) is 15.0 Å². The molecule has 17 heavy (non-hydrogen) atoms. The molecule has 1 aliphatic heterocycles. The lowest BCUT2D eigenvalue weighted by molar-refractivity contribution is -0.160. The predicted octanol–water partition coefficient (Wildman–Crippen LogP) is -0.616. The van der Waals surface area contributed by atoms with E-state index in [2.05, 4.69) is 10.0 Å². The van der Waals surface area contributed by atoms with Crippen molar-refractivity contribution in [2.24, 2.45) is 5.11 Å². The molecule has 1 aliphatic rings. The number of aliphatic hydroxyl groups is 3. The Hall–Kier alpha value is -0.830. The zero-order valence-electron chi connectivity index (χ0n) is 9.00. The Bertz CT molecular complexity index is 335. The predicted molar refractivity (Wildman–Crippen MR) is 59.0 cm³/mol. The molecule has 0 aromatic heterocycles. The normalized spacial score (nSPS) is 37.3. The highest BCUT2D eigenvalue weighted by Gasteiger charge is 2.44. The molecular formula is C8H13N3O5S. The third kappa shape index (κ3) is 3.32. The van der Waals surface area contributed by atoms with Gasteiger partial charge in [-0.15, -0.1) is 0 Å². The van der Waals surface area contributed by atoms with E-state index >= 15 is 0 Å². The van der Waals surface area contributed by atoms with Crippen molar-refractivity contribution in [2.45, 2.75) is 36.7 Å². The van der Waals surface area contributed by atoms with Crippen LogP contribution in [-0.2, 0) is 9.53 Å². The molecule has 0 spiro atoms. The summed E-state index contributed by atoms with van der Waals surface area (Å²) in [7, 11) is 0. The number of hydrogen-bond donors (Lipinski definition) is 3. The standard InChI is InChI=1S/C8H13N3O5S/c1-3(13)17-8-7(15)5(10-11-9)6(14)4(2-12)16-8/h4-8,12,14-15H,2H2,1H3/t4?,5?,6-,7-,8+/m0/s1. The zero-order valence-corrected chi connectivity index (χ0v) is 9.82. The summed E-state index contributed by atoms with van der Waals surface area (Å²) in [5, 5.41) is 31.4. The van der Waals surface area contributed by atoms with Gasteiger partial charge in [-0.1, -0.05) is 16.9 Å². The number of azide groups is 1. The van der Waals surface area contributed by atoms with Crippen LogP contribution in [-0.4, -0.2) is 56.8 Å². The van der Waals surface area contributed by atoms with E-state index in [0.29, 0.717) is 0 Å². The Morgan fingerprint density at radius 1 is 1.53 bits per heavy atom. The van der Waals surface area contributed by atoms with Crippen LogP contribution >= 0.6 is 11.8 Å². The van der Waals surface area contributed by atoms with Gasteiger partial charge in [0.1, 0.15) is 17.6 Å². The quantitative estimate of drug-likeness (QED) is 0.353. The number of carbonyl (C=O) groups is 1. The van der Waals surface area contributed by atoms with E-state index in [1.165, 1.54) is 6.92 Å². The van der Waals surface area contributed by atoms with Crippen molar-refractivity contribution in [1.29, 1.82) is 0 Å². The SMILES string of the molecule is CC(=O)S[C@H]1OC(CO)[C@H](O)C(N=[N+]=[N-])[C@@H]1O. The molecule has 9 heteroatoms. The summed E-state index contributed by atoms with van der Waals surface area (Å²) in [6, 6.07) is -1.15. The number of carbonyl (C=O) groups excluding carboxylic acids is 1. The summed E-state index contributed by atoms with van der Waals surface area (Å²) in [5.74, 6) is 0. The maximum Gasteiger partial charge on any atom is 0.188 e. The van der Waals surface area contributed by atoms with E-state index in [0.717, 1.165) is 11.8 Å². The van der Waals surface area contributed by atoms with Crippen LogP contribution in [0.3, 0.4) is 0 Å². The van der Waals surface area contributed by atoms with Crippen LogP contribution in [0.25, 0.3) is 10.4 Å². The maximum absolute atomic E-state index is 10.9. The fourth-order valence-electron chi connectivity index (χ4n) is 1.52. The molecule has 2 unspecified atom stereocenters. The minimum absolute atomic E-state index is 0.290. The molecule has 1 fully saturated rings. The Labute approximate surface area is 101 Å². The van der Waals surface area contributed by atoms with Crippen LogP contribution < -0.4 is 0 Å². The molecule has 3 N–H and O–H groups in total. The number of nitrogens with zero attached hydrogens (tertiary/aromatic N) is 3. The van der Waals surface area contributed by atoms with Crippen molar-refractivity contribution >= 4 is 16.9 Å². The number of thioether (sulfide) groups is 1. The van der Waals surface area contributed by atoms with E-state index in [1.54, 1.807) is 0 Å². The maximum atomic E-state index is 10.9. The molecule has 1 rings (SSSR count).